The molecule has 2 aliphatic rings. The number of fused-ring (bicyclic) bond motifs is 2. The third-order valence-electron chi connectivity index (χ3n) is 6.55. The Kier molecular flexibility index (Phi) is 6.42. The van der Waals surface area contributed by atoms with Crippen LogP contribution in [0.1, 0.15) is 30.4 Å². The minimum absolute atomic E-state index is 0.182. The first-order chi connectivity index (χ1) is 17.3. The zero-order valence-electron chi connectivity index (χ0n) is 20.1. The molecule has 10 heteroatoms. The molecule has 3 aromatic rings. The average Bonchev–Trinajstić information content (AvgIpc) is 3.12. The summed E-state index contributed by atoms with van der Waals surface area (Å²) in [4.78, 5) is 18.6. The monoisotopic (exact) mass is 572 g/mol. The zero-order chi connectivity index (χ0) is 25.6. The van der Waals surface area contributed by atoms with Crippen molar-refractivity contribution in [3.63, 3.8) is 0 Å². The predicted octanol–water partition coefficient (Wildman–Crippen LogP) is 4.43. The van der Waals surface area contributed by atoms with Crippen LogP contribution >= 0.6 is 15.9 Å². The van der Waals surface area contributed by atoms with Gasteiger partial charge in [0.2, 0.25) is 15.6 Å². The van der Waals surface area contributed by atoms with Crippen LogP contribution in [0.5, 0.6) is 17.2 Å². The number of halogens is 1. The van der Waals surface area contributed by atoms with Gasteiger partial charge in [-0.2, -0.15) is 0 Å². The molecule has 5 rings (SSSR count). The quantitative estimate of drug-likeness (QED) is 0.318. The predicted molar refractivity (Wildman–Crippen MR) is 140 cm³/mol. The van der Waals surface area contributed by atoms with Crippen LogP contribution in [0.3, 0.4) is 0 Å². The van der Waals surface area contributed by atoms with E-state index in [1.54, 1.807) is 12.1 Å². The second-order valence-corrected chi connectivity index (χ2v) is 11.6. The summed E-state index contributed by atoms with van der Waals surface area (Å²) in [5.41, 5.74) is 1.72. The lowest BCUT2D eigenvalue weighted by atomic mass is 9.95. The number of methoxy groups -OCH3 is 3. The first kappa shape index (κ1) is 24.6. The van der Waals surface area contributed by atoms with E-state index in [-0.39, 0.29) is 38.3 Å². The molecular weight excluding hydrogens is 548 g/mol. The van der Waals surface area contributed by atoms with E-state index in [0.717, 1.165) is 12.0 Å². The van der Waals surface area contributed by atoms with Crippen molar-refractivity contribution < 1.29 is 22.6 Å². The van der Waals surface area contributed by atoms with Crippen molar-refractivity contribution >= 4 is 31.3 Å². The van der Waals surface area contributed by atoms with Gasteiger partial charge in [-0.15, -0.1) is 0 Å². The molecule has 8 nitrogen and oxygen atoms in total. The van der Waals surface area contributed by atoms with Gasteiger partial charge < -0.3 is 14.2 Å². The van der Waals surface area contributed by atoms with Gasteiger partial charge in [0.25, 0.3) is 5.56 Å². The molecule has 1 atom stereocenters. The normalized spacial score (nSPS) is 17.9. The highest BCUT2D eigenvalue weighted by Gasteiger charge is 2.44. The van der Waals surface area contributed by atoms with Gasteiger partial charge in [-0.1, -0.05) is 46.3 Å². The lowest BCUT2D eigenvalue weighted by molar-refractivity contribution is 0.324. The summed E-state index contributed by atoms with van der Waals surface area (Å²) in [6.45, 7) is 0.215. The average molecular weight is 573 g/mol. The molecule has 2 heterocycles. The van der Waals surface area contributed by atoms with Crippen LogP contribution in [0.4, 0.5) is 0 Å². The second kappa shape index (κ2) is 9.40. The van der Waals surface area contributed by atoms with E-state index >= 15 is 0 Å². The Morgan fingerprint density at radius 2 is 1.72 bits per heavy atom. The number of sulfone groups is 1. The van der Waals surface area contributed by atoms with Crippen LogP contribution in [0.25, 0.3) is 17.0 Å². The highest BCUT2D eigenvalue weighted by Crippen LogP contribution is 2.47. The van der Waals surface area contributed by atoms with Gasteiger partial charge in [-0.05, 0) is 42.5 Å². The highest BCUT2D eigenvalue weighted by molar-refractivity contribution is 9.09. The first-order valence-electron chi connectivity index (χ1n) is 11.4. The smallest absolute Gasteiger partial charge is 0.263 e. The molecule has 36 heavy (non-hydrogen) atoms. The molecule has 0 N–H and O–H groups in total. The van der Waals surface area contributed by atoms with Gasteiger partial charge in [0.1, 0.15) is 5.82 Å². The molecule has 1 aliphatic carbocycles. The summed E-state index contributed by atoms with van der Waals surface area (Å²) in [6.07, 6.45) is 2.00. The fourth-order valence-electron chi connectivity index (χ4n) is 4.92. The number of ether oxygens (including phenoxy) is 3. The summed E-state index contributed by atoms with van der Waals surface area (Å²) in [5, 5.41) is -0.183. The van der Waals surface area contributed by atoms with Gasteiger partial charge in [0.15, 0.2) is 16.5 Å². The number of benzene rings is 2. The third kappa shape index (κ3) is 3.83. The first-order valence-corrected chi connectivity index (χ1v) is 13.8. The Hall–Kier alpha value is -3.11. The van der Waals surface area contributed by atoms with Crippen molar-refractivity contribution in [3.05, 3.63) is 68.9 Å². The highest BCUT2D eigenvalue weighted by atomic mass is 79.9. The molecule has 1 aromatic heterocycles. The molecular formula is C26H25BrN2O6S. The van der Waals surface area contributed by atoms with Crippen molar-refractivity contribution in [1.29, 1.82) is 0 Å². The minimum Gasteiger partial charge on any atom is -0.493 e. The van der Waals surface area contributed by atoms with Crippen LogP contribution in [-0.2, 0) is 16.4 Å². The second-order valence-electron chi connectivity index (χ2n) is 8.61. The largest absolute Gasteiger partial charge is 0.493 e. The number of aromatic nitrogens is 2. The maximum absolute atomic E-state index is 14.1. The molecule has 0 radical (unpaired) electrons. The Morgan fingerprint density at radius 3 is 2.33 bits per heavy atom. The van der Waals surface area contributed by atoms with Crippen LogP contribution < -0.4 is 19.8 Å². The molecule has 1 unspecified atom stereocenters. The van der Waals surface area contributed by atoms with Crippen LogP contribution in [0.2, 0.25) is 0 Å². The fraction of sp³-hybridized carbons (Fsp3) is 0.308. The molecule has 0 amide bonds. The lowest BCUT2D eigenvalue weighted by Gasteiger charge is -2.19. The summed E-state index contributed by atoms with van der Waals surface area (Å²) in [5.74, 6) is 1.33. The molecule has 0 fully saturated rings. The lowest BCUT2D eigenvalue weighted by Crippen LogP contribution is -2.28. The van der Waals surface area contributed by atoms with Crippen LogP contribution in [0, 0.1) is 0 Å². The molecule has 188 valence electrons. The number of allylic oxidation sites excluding steroid dienone is 2. The van der Waals surface area contributed by atoms with Crippen molar-refractivity contribution in [3.8, 4) is 28.6 Å². The summed E-state index contributed by atoms with van der Waals surface area (Å²) >= 11 is 3.52. The standard InChI is InChI=1S/C26H25BrN2O6S/c1-33-19-12-16(13-20(34-2)22(19)35-3)24-28-25-21(17-10-7-11-18(27)23(17)36(25,31)32)26(30)29(24)14-15-8-5-4-6-9-15/h4-6,8-9,12-13,18H,7,10-11,14H2,1-3H3. The van der Waals surface area contributed by atoms with Crippen molar-refractivity contribution in [2.75, 3.05) is 21.3 Å². The Labute approximate surface area is 217 Å². The van der Waals surface area contributed by atoms with Gasteiger partial charge >= 0.3 is 0 Å². The maximum atomic E-state index is 14.1. The van der Waals surface area contributed by atoms with Gasteiger partial charge in [0, 0.05) is 5.56 Å². The molecule has 0 saturated heterocycles. The minimum atomic E-state index is -3.92. The number of rotatable bonds is 6. The zero-order valence-corrected chi connectivity index (χ0v) is 22.5. The van der Waals surface area contributed by atoms with Crippen LogP contribution in [0.15, 0.2) is 57.2 Å². The van der Waals surface area contributed by atoms with E-state index in [0.29, 0.717) is 41.2 Å². The van der Waals surface area contributed by atoms with Crippen molar-refractivity contribution in [2.24, 2.45) is 0 Å². The van der Waals surface area contributed by atoms with Crippen molar-refractivity contribution in [1.82, 2.24) is 9.55 Å². The van der Waals surface area contributed by atoms with E-state index in [9.17, 15) is 13.2 Å². The number of nitrogens with zero attached hydrogens (tertiary/aromatic N) is 2. The van der Waals surface area contributed by atoms with Gasteiger partial charge in [0.05, 0.1) is 43.2 Å². The fourth-order valence-corrected chi connectivity index (χ4v) is 8.13. The van der Waals surface area contributed by atoms with Gasteiger partial charge in [-0.3, -0.25) is 9.36 Å². The molecule has 0 spiro atoms. The molecule has 0 saturated carbocycles. The summed E-state index contributed by atoms with van der Waals surface area (Å²) in [6, 6.07) is 12.8. The topological polar surface area (TPSA) is 96.7 Å². The molecule has 1 aliphatic heterocycles. The summed E-state index contributed by atoms with van der Waals surface area (Å²) < 4.78 is 45.2. The number of hydrogen-bond acceptors (Lipinski definition) is 7. The van der Waals surface area contributed by atoms with Crippen LogP contribution in [-0.4, -0.2) is 44.1 Å². The van der Waals surface area contributed by atoms with E-state index < -0.39 is 9.84 Å². The van der Waals surface area contributed by atoms with E-state index in [1.165, 1.54) is 25.9 Å². The van der Waals surface area contributed by atoms with E-state index in [4.69, 9.17) is 14.2 Å². The SMILES string of the molecule is COc1cc(-c2nc3c(c(=O)n2Cc2ccccc2)C2=C(C(Br)CCC2)S3(=O)=O)cc(OC)c1OC. The molecule has 2 aromatic carbocycles. The number of alkyl halides is 1. The third-order valence-corrected chi connectivity index (χ3v) is 9.69. The van der Waals surface area contributed by atoms with Gasteiger partial charge in [-0.25, -0.2) is 13.4 Å². The van der Waals surface area contributed by atoms with E-state index in [1.807, 2.05) is 30.3 Å². The van der Waals surface area contributed by atoms with E-state index in [2.05, 4.69) is 20.9 Å². The Morgan fingerprint density at radius 1 is 1.06 bits per heavy atom. The van der Waals surface area contributed by atoms with Crippen molar-refractivity contribution in [2.45, 2.75) is 35.7 Å². The Balaban J connectivity index is 1.83. The molecule has 0 bridgehead atoms. The maximum Gasteiger partial charge on any atom is 0.263 e. The summed E-state index contributed by atoms with van der Waals surface area (Å²) in [7, 11) is 0.563. The Bertz CT molecular complexity index is 1520. The number of hydrogen-bond donors (Lipinski definition) is 0.